The van der Waals surface area contributed by atoms with Crippen LogP contribution in [0.3, 0.4) is 0 Å². The van der Waals surface area contributed by atoms with Crippen molar-refractivity contribution in [2.75, 3.05) is 13.9 Å². The van der Waals surface area contributed by atoms with Crippen molar-refractivity contribution >= 4 is 26.9 Å². The highest BCUT2D eigenvalue weighted by Gasteiger charge is 2.18. The van der Waals surface area contributed by atoms with E-state index in [1.807, 2.05) is 49.4 Å². The van der Waals surface area contributed by atoms with Gasteiger partial charge in [0, 0.05) is 21.0 Å². The number of rotatable bonds is 5. The van der Waals surface area contributed by atoms with Gasteiger partial charge >= 0.3 is 5.63 Å². The molecular formula is C26H21BrO6. The van der Waals surface area contributed by atoms with E-state index in [4.69, 9.17) is 23.4 Å². The highest BCUT2D eigenvalue weighted by Crippen LogP contribution is 2.34. The SMILES string of the molecule is COc1ccc(-c2c(C)c3cc(OCc4cc(Br)cc5c4OCOC5)ccc3oc2=O)cc1. The summed E-state index contributed by atoms with van der Waals surface area (Å²) in [4.78, 5) is 12.7. The fourth-order valence-corrected chi connectivity index (χ4v) is 4.59. The van der Waals surface area contributed by atoms with Crippen LogP contribution < -0.4 is 19.8 Å². The van der Waals surface area contributed by atoms with Crippen molar-refractivity contribution in [3.8, 4) is 28.4 Å². The maximum atomic E-state index is 12.7. The molecule has 0 aliphatic carbocycles. The second-order valence-corrected chi connectivity index (χ2v) is 8.64. The maximum absolute atomic E-state index is 12.7. The topological polar surface area (TPSA) is 67.1 Å². The van der Waals surface area contributed by atoms with Gasteiger partial charge in [0.25, 0.3) is 0 Å². The molecule has 4 aromatic rings. The number of aryl methyl sites for hydroxylation is 1. The van der Waals surface area contributed by atoms with Crippen molar-refractivity contribution in [3.63, 3.8) is 0 Å². The molecule has 1 aromatic heterocycles. The first-order chi connectivity index (χ1) is 16.0. The lowest BCUT2D eigenvalue weighted by Crippen LogP contribution is -2.14. The Balaban J connectivity index is 1.48. The third-order valence-corrected chi connectivity index (χ3v) is 6.12. The summed E-state index contributed by atoms with van der Waals surface area (Å²) in [5.41, 5.74) is 4.18. The van der Waals surface area contributed by atoms with Crippen molar-refractivity contribution in [1.82, 2.24) is 0 Å². The van der Waals surface area contributed by atoms with E-state index in [9.17, 15) is 4.79 Å². The van der Waals surface area contributed by atoms with Gasteiger partial charge in [0.05, 0.1) is 19.3 Å². The molecule has 3 aromatic carbocycles. The van der Waals surface area contributed by atoms with Crippen LogP contribution in [0.4, 0.5) is 0 Å². The number of ether oxygens (including phenoxy) is 4. The van der Waals surface area contributed by atoms with Crippen molar-refractivity contribution in [2.45, 2.75) is 20.1 Å². The van der Waals surface area contributed by atoms with Gasteiger partial charge in [-0.15, -0.1) is 0 Å². The van der Waals surface area contributed by atoms with Crippen molar-refractivity contribution < 1.29 is 23.4 Å². The van der Waals surface area contributed by atoms with Gasteiger partial charge in [0.15, 0.2) is 6.79 Å². The molecule has 0 amide bonds. The third-order valence-electron chi connectivity index (χ3n) is 5.66. The molecule has 0 bridgehead atoms. The van der Waals surface area contributed by atoms with E-state index in [0.29, 0.717) is 30.1 Å². The largest absolute Gasteiger partial charge is 0.497 e. The van der Waals surface area contributed by atoms with E-state index in [1.165, 1.54) is 0 Å². The Hall–Kier alpha value is -3.29. The average molecular weight is 509 g/mol. The number of fused-ring (bicyclic) bond motifs is 2. The minimum atomic E-state index is -0.376. The summed E-state index contributed by atoms with van der Waals surface area (Å²) < 4.78 is 28.9. The second-order valence-electron chi connectivity index (χ2n) is 7.73. The van der Waals surface area contributed by atoms with Crippen LogP contribution in [0.25, 0.3) is 22.1 Å². The van der Waals surface area contributed by atoms with E-state index in [-0.39, 0.29) is 12.4 Å². The van der Waals surface area contributed by atoms with E-state index in [0.717, 1.165) is 43.6 Å². The Bertz CT molecular complexity index is 1390. The van der Waals surface area contributed by atoms with Gasteiger partial charge in [-0.2, -0.15) is 0 Å². The normalized spacial score (nSPS) is 12.8. The fraction of sp³-hybridized carbons (Fsp3) is 0.192. The van der Waals surface area contributed by atoms with Gasteiger partial charge in [-0.1, -0.05) is 28.1 Å². The van der Waals surface area contributed by atoms with Crippen LogP contribution >= 0.6 is 15.9 Å². The molecule has 0 spiro atoms. The van der Waals surface area contributed by atoms with Crippen LogP contribution in [-0.2, 0) is 18.0 Å². The minimum absolute atomic E-state index is 0.226. The Kier molecular flexibility index (Phi) is 5.83. The summed E-state index contributed by atoms with van der Waals surface area (Å²) in [5, 5.41) is 0.818. The molecule has 5 rings (SSSR count). The second kappa shape index (κ2) is 8.92. The number of hydrogen-bond donors (Lipinski definition) is 0. The first-order valence-electron chi connectivity index (χ1n) is 10.4. The third kappa shape index (κ3) is 4.21. The predicted molar refractivity (Wildman–Crippen MR) is 128 cm³/mol. The van der Waals surface area contributed by atoms with E-state index in [1.54, 1.807) is 19.2 Å². The number of hydrogen-bond acceptors (Lipinski definition) is 6. The summed E-state index contributed by atoms with van der Waals surface area (Å²) in [6.45, 7) is 2.98. The standard InChI is InChI=1S/C26H21BrO6/c1-15-22-11-21(31-13-18-10-19(27)9-17-12-30-14-32-25(17)18)7-8-23(22)33-26(28)24(15)16-3-5-20(29-2)6-4-16/h3-11H,12-14H2,1-2H3. The lowest BCUT2D eigenvalue weighted by atomic mass is 9.99. The zero-order chi connectivity index (χ0) is 22.9. The van der Waals surface area contributed by atoms with Crippen LogP contribution in [0, 0.1) is 6.92 Å². The number of benzene rings is 3. The van der Waals surface area contributed by atoms with Gasteiger partial charge in [0.1, 0.15) is 29.4 Å². The lowest BCUT2D eigenvalue weighted by molar-refractivity contribution is -0.0176. The summed E-state index contributed by atoms with van der Waals surface area (Å²) in [6, 6.07) is 16.8. The van der Waals surface area contributed by atoms with Crippen molar-refractivity contribution in [3.05, 3.63) is 86.2 Å². The van der Waals surface area contributed by atoms with E-state index < -0.39 is 0 Å². The minimum Gasteiger partial charge on any atom is -0.497 e. The molecule has 0 atom stereocenters. The summed E-state index contributed by atoms with van der Waals surface area (Å²) in [7, 11) is 1.61. The van der Waals surface area contributed by atoms with E-state index in [2.05, 4.69) is 15.9 Å². The molecule has 1 aliphatic rings. The molecule has 168 valence electrons. The molecule has 0 N–H and O–H groups in total. The number of halogens is 1. The monoisotopic (exact) mass is 508 g/mol. The smallest absolute Gasteiger partial charge is 0.344 e. The Labute approximate surface area is 198 Å². The van der Waals surface area contributed by atoms with Crippen LogP contribution in [0.2, 0.25) is 0 Å². The molecule has 7 heteroatoms. The van der Waals surface area contributed by atoms with Gasteiger partial charge < -0.3 is 23.4 Å². The van der Waals surface area contributed by atoms with Crippen molar-refractivity contribution in [1.29, 1.82) is 0 Å². The summed E-state index contributed by atoms with van der Waals surface area (Å²) >= 11 is 3.54. The lowest BCUT2D eigenvalue weighted by Gasteiger charge is -2.21. The first kappa shape index (κ1) is 21.6. The van der Waals surface area contributed by atoms with Gasteiger partial charge in [0.2, 0.25) is 0 Å². The zero-order valence-corrected chi connectivity index (χ0v) is 19.7. The Morgan fingerprint density at radius 3 is 2.61 bits per heavy atom. The summed E-state index contributed by atoms with van der Waals surface area (Å²) in [6.07, 6.45) is 0. The molecular weight excluding hydrogens is 488 g/mol. The Morgan fingerprint density at radius 2 is 1.82 bits per heavy atom. The molecule has 2 heterocycles. The quantitative estimate of drug-likeness (QED) is 0.308. The molecule has 0 radical (unpaired) electrons. The van der Waals surface area contributed by atoms with Crippen LogP contribution in [0.5, 0.6) is 17.2 Å². The van der Waals surface area contributed by atoms with E-state index >= 15 is 0 Å². The molecule has 0 unspecified atom stereocenters. The zero-order valence-electron chi connectivity index (χ0n) is 18.1. The Morgan fingerprint density at radius 1 is 1.03 bits per heavy atom. The van der Waals surface area contributed by atoms with Crippen LogP contribution in [-0.4, -0.2) is 13.9 Å². The van der Waals surface area contributed by atoms with Crippen LogP contribution in [0.15, 0.2) is 68.3 Å². The average Bonchev–Trinajstić information content (AvgIpc) is 2.83. The summed E-state index contributed by atoms with van der Waals surface area (Å²) in [5.74, 6) is 2.19. The van der Waals surface area contributed by atoms with Crippen molar-refractivity contribution in [2.24, 2.45) is 0 Å². The van der Waals surface area contributed by atoms with Crippen LogP contribution in [0.1, 0.15) is 16.7 Å². The highest BCUT2D eigenvalue weighted by atomic mass is 79.9. The molecule has 0 saturated carbocycles. The predicted octanol–water partition coefficient (Wildman–Crippen LogP) is 5.99. The molecule has 0 saturated heterocycles. The van der Waals surface area contributed by atoms with Gasteiger partial charge in [-0.3, -0.25) is 0 Å². The number of methoxy groups -OCH3 is 1. The highest BCUT2D eigenvalue weighted by molar-refractivity contribution is 9.10. The van der Waals surface area contributed by atoms with Gasteiger partial charge in [-0.05, 0) is 60.5 Å². The first-order valence-corrected chi connectivity index (χ1v) is 11.2. The maximum Gasteiger partial charge on any atom is 0.344 e. The molecule has 33 heavy (non-hydrogen) atoms. The molecule has 0 fully saturated rings. The fourth-order valence-electron chi connectivity index (χ4n) is 4.04. The van der Waals surface area contributed by atoms with Gasteiger partial charge in [-0.25, -0.2) is 4.79 Å². The molecule has 6 nitrogen and oxygen atoms in total. The molecule has 1 aliphatic heterocycles.